The van der Waals surface area contributed by atoms with E-state index in [0.29, 0.717) is 36.4 Å². The van der Waals surface area contributed by atoms with Gasteiger partial charge in [-0.15, -0.1) is 23.2 Å². The maximum Gasteiger partial charge on any atom is 0.338 e. The molecule has 0 unspecified atom stereocenters. The quantitative estimate of drug-likeness (QED) is 0.288. The van der Waals surface area contributed by atoms with Gasteiger partial charge < -0.3 is 14.8 Å². The van der Waals surface area contributed by atoms with Gasteiger partial charge in [0.25, 0.3) is 5.91 Å². The molecule has 1 aliphatic heterocycles. The number of imide groups is 1. The van der Waals surface area contributed by atoms with E-state index in [0.717, 1.165) is 4.90 Å². The van der Waals surface area contributed by atoms with Gasteiger partial charge in [0.15, 0.2) is 6.61 Å². The second-order valence-electron chi connectivity index (χ2n) is 9.90. The standard InChI is InChI=1S/C28H26Cl2N2O7/c1-2-11-38-27(36)14-3-7-16(8-4-14)31-20(33)13-39-28(37)15-5-9-17(10-6-15)32-25(34)21-18-12-19(22(21)26(32)35)24(30)23(18)29/h3-10,18-19,21-24H,2,11-13H2,1H3,(H,31,33)/t18-,19-,21-,22+,23-,24+/m1/s1. The largest absolute Gasteiger partial charge is 0.462 e. The molecule has 0 aromatic heterocycles. The van der Waals surface area contributed by atoms with Crippen LogP contribution in [0.15, 0.2) is 48.5 Å². The number of esters is 2. The molecule has 1 heterocycles. The number of fused-ring (bicyclic) bond motifs is 5. The van der Waals surface area contributed by atoms with Gasteiger partial charge in [-0.1, -0.05) is 6.92 Å². The molecule has 1 N–H and O–H groups in total. The highest BCUT2D eigenvalue weighted by molar-refractivity contribution is 6.32. The first-order chi connectivity index (χ1) is 18.7. The van der Waals surface area contributed by atoms with Gasteiger partial charge in [0, 0.05) is 5.69 Å². The van der Waals surface area contributed by atoms with E-state index in [4.69, 9.17) is 32.7 Å². The Balaban J connectivity index is 1.15. The molecule has 204 valence electrons. The van der Waals surface area contributed by atoms with Crippen LogP contribution in [0, 0.1) is 23.7 Å². The summed E-state index contributed by atoms with van der Waals surface area (Å²) in [5.74, 6) is -3.49. The number of hydrogen-bond donors (Lipinski definition) is 1. The highest BCUT2D eigenvalue weighted by Crippen LogP contribution is 2.59. The third-order valence-corrected chi connectivity index (χ3v) is 8.84. The van der Waals surface area contributed by atoms with E-state index in [-0.39, 0.29) is 40.0 Å². The number of benzene rings is 2. The molecule has 3 amide bonds. The Kier molecular flexibility index (Phi) is 7.64. The Bertz CT molecular complexity index is 1280. The topological polar surface area (TPSA) is 119 Å². The molecule has 0 radical (unpaired) electrons. The lowest BCUT2D eigenvalue weighted by molar-refractivity contribution is -0.123. The van der Waals surface area contributed by atoms with E-state index in [1.165, 1.54) is 36.4 Å². The SMILES string of the molecule is CCCOC(=O)c1ccc(NC(=O)COC(=O)c2ccc(N3C(=O)[C@@H]4[C@H]5C[C@@H]([C@H](Cl)[C@@H]5Cl)[C@@H]4C3=O)cc2)cc1. The number of nitrogens with one attached hydrogen (secondary N) is 1. The average Bonchev–Trinajstić information content (AvgIpc) is 3.55. The molecule has 9 nitrogen and oxygen atoms in total. The summed E-state index contributed by atoms with van der Waals surface area (Å²) >= 11 is 12.8. The van der Waals surface area contributed by atoms with Crippen LogP contribution in [-0.2, 0) is 23.9 Å². The summed E-state index contributed by atoms with van der Waals surface area (Å²) in [5, 5.41) is 1.91. The molecule has 2 aromatic carbocycles. The number of amides is 3. The van der Waals surface area contributed by atoms with Crippen molar-refractivity contribution in [2.45, 2.75) is 30.5 Å². The molecule has 39 heavy (non-hydrogen) atoms. The van der Waals surface area contributed by atoms with E-state index in [9.17, 15) is 24.0 Å². The minimum absolute atomic E-state index is 0.119. The number of halogens is 2. The zero-order valence-corrected chi connectivity index (χ0v) is 22.5. The Labute approximate surface area is 234 Å². The van der Waals surface area contributed by atoms with Crippen molar-refractivity contribution in [3.8, 4) is 0 Å². The lowest BCUT2D eigenvalue weighted by atomic mass is 9.80. The molecule has 0 spiro atoms. The minimum Gasteiger partial charge on any atom is -0.462 e. The first-order valence-electron chi connectivity index (χ1n) is 12.7. The van der Waals surface area contributed by atoms with Gasteiger partial charge in [0.1, 0.15) is 0 Å². The van der Waals surface area contributed by atoms with Crippen LogP contribution >= 0.6 is 23.2 Å². The molecule has 2 bridgehead atoms. The summed E-state index contributed by atoms with van der Waals surface area (Å²) in [6.07, 6.45) is 1.40. The summed E-state index contributed by atoms with van der Waals surface area (Å²) in [6, 6.07) is 12.0. The van der Waals surface area contributed by atoms with Gasteiger partial charge in [-0.05, 0) is 73.2 Å². The van der Waals surface area contributed by atoms with Crippen molar-refractivity contribution in [3.63, 3.8) is 0 Å². The van der Waals surface area contributed by atoms with Crippen molar-refractivity contribution in [2.75, 3.05) is 23.4 Å². The maximum absolute atomic E-state index is 13.1. The van der Waals surface area contributed by atoms with E-state index in [1.54, 1.807) is 12.1 Å². The molecule has 6 atom stereocenters. The third kappa shape index (κ3) is 5.01. The summed E-state index contributed by atoms with van der Waals surface area (Å²) in [5.41, 5.74) is 1.29. The second kappa shape index (κ2) is 11.0. The Morgan fingerprint density at radius 2 is 1.36 bits per heavy atom. The van der Waals surface area contributed by atoms with Crippen LogP contribution in [0.1, 0.15) is 40.5 Å². The number of rotatable bonds is 8. The molecular weight excluding hydrogens is 547 g/mol. The summed E-state index contributed by atoms with van der Waals surface area (Å²) in [4.78, 5) is 64.0. The van der Waals surface area contributed by atoms with Crippen molar-refractivity contribution in [2.24, 2.45) is 23.7 Å². The molecule has 1 saturated heterocycles. The Morgan fingerprint density at radius 3 is 1.90 bits per heavy atom. The van der Waals surface area contributed by atoms with Crippen LogP contribution in [0.2, 0.25) is 0 Å². The molecule has 2 aromatic rings. The predicted octanol–water partition coefficient (Wildman–Crippen LogP) is 4.02. The van der Waals surface area contributed by atoms with Crippen molar-refractivity contribution in [1.82, 2.24) is 0 Å². The van der Waals surface area contributed by atoms with Crippen LogP contribution < -0.4 is 10.2 Å². The monoisotopic (exact) mass is 572 g/mol. The molecule has 11 heteroatoms. The van der Waals surface area contributed by atoms with E-state index in [2.05, 4.69) is 5.32 Å². The number of ether oxygens (including phenoxy) is 2. The number of carbonyl (C=O) groups is 5. The number of alkyl halides is 2. The van der Waals surface area contributed by atoms with Crippen LogP contribution in [0.25, 0.3) is 0 Å². The van der Waals surface area contributed by atoms with Gasteiger partial charge in [0.2, 0.25) is 11.8 Å². The fourth-order valence-corrected chi connectivity index (χ4v) is 6.62. The lowest BCUT2D eigenvalue weighted by Crippen LogP contribution is -2.37. The van der Waals surface area contributed by atoms with Crippen LogP contribution in [-0.4, -0.2) is 53.6 Å². The number of anilines is 2. The van der Waals surface area contributed by atoms with Gasteiger partial charge >= 0.3 is 11.9 Å². The van der Waals surface area contributed by atoms with Crippen molar-refractivity contribution >= 4 is 64.2 Å². The van der Waals surface area contributed by atoms with Crippen LogP contribution in [0.3, 0.4) is 0 Å². The van der Waals surface area contributed by atoms with Crippen LogP contribution in [0.4, 0.5) is 11.4 Å². The van der Waals surface area contributed by atoms with Gasteiger partial charge in [-0.2, -0.15) is 0 Å². The van der Waals surface area contributed by atoms with Crippen molar-refractivity contribution in [3.05, 3.63) is 59.7 Å². The van der Waals surface area contributed by atoms with Crippen molar-refractivity contribution < 1.29 is 33.4 Å². The zero-order chi connectivity index (χ0) is 27.8. The Morgan fingerprint density at radius 1 is 0.846 bits per heavy atom. The first kappa shape index (κ1) is 27.1. The molecule has 3 fully saturated rings. The Hall–Kier alpha value is -3.43. The summed E-state index contributed by atoms with van der Waals surface area (Å²) < 4.78 is 10.2. The highest BCUT2D eigenvalue weighted by atomic mass is 35.5. The van der Waals surface area contributed by atoms with Crippen molar-refractivity contribution in [1.29, 1.82) is 0 Å². The van der Waals surface area contributed by atoms with Crippen LogP contribution in [0.5, 0.6) is 0 Å². The fraction of sp³-hybridized carbons (Fsp3) is 0.393. The molecule has 2 saturated carbocycles. The van der Waals surface area contributed by atoms with E-state index >= 15 is 0 Å². The van der Waals surface area contributed by atoms with E-state index in [1.807, 2.05) is 6.92 Å². The molecule has 5 rings (SSSR count). The second-order valence-corrected chi connectivity index (χ2v) is 10.9. The van der Waals surface area contributed by atoms with Gasteiger partial charge in [0.05, 0.1) is 46.0 Å². The average molecular weight is 573 g/mol. The fourth-order valence-electron chi connectivity index (χ4n) is 5.73. The lowest BCUT2D eigenvalue weighted by Gasteiger charge is -2.28. The predicted molar refractivity (Wildman–Crippen MR) is 143 cm³/mol. The smallest absolute Gasteiger partial charge is 0.338 e. The number of carbonyl (C=O) groups excluding carboxylic acids is 5. The van der Waals surface area contributed by atoms with Gasteiger partial charge in [-0.3, -0.25) is 19.3 Å². The summed E-state index contributed by atoms with van der Waals surface area (Å²) in [6.45, 7) is 1.69. The highest BCUT2D eigenvalue weighted by Gasteiger charge is 2.66. The normalized spacial score (nSPS) is 26.9. The minimum atomic E-state index is -0.741. The third-order valence-electron chi connectivity index (χ3n) is 7.52. The number of hydrogen-bond acceptors (Lipinski definition) is 7. The first-order valence-corrected chi connectivity index (χ1v) is 13.6. The maximum atomic E-state index is 13.1. The van der Waals surface area contributed by atoms with E-state index < -0.39 is 36.3 Å². The molecular formula is C28H26Cl2N2O7. The zero-order valence-electron chi connectivity index (χ0n) is 21.0. The number of nitrogens with zero attached hydrogens (tertiary/aromatic N) is 1. The molecule has 3 aliphatic rings. The van der Waals surface area contributed by atoms with Gasteiger partial charge in [-0.25, -0.2) is 9.59 Å². The molecule has 2 aliphatic carbocycles. The summed E-state index contributed by atoms with van der Waals surface area (Å²) in [7, 11) is 0.